The van der Waals surface area contributed by atoms with Gasteiger partial charge in [0, 0.05) is 37.6 Å². The maximum Gasteiger partial charge on any atom is 0.289 e. The number of furan rings is 1. The second-order valence-electron chi connectivity index (χ2n) is 6.70. The normalized spacial score (nSPS) is 25.5. The van der Waals surface area contributed by atoms with Crippen molar-refractivity contribution >= 4 is 16.9 Å². The molecule has 3 heterocycles. The molecule has 0 radical (unpaired) electrons. The average molecular weight is 332 g/mol. The maximum atomic E-state index is 13.3. The molecule has 1 amide bonds. The van der Waals surface area contributed by atoms with Crippen LogP contribution in [0.15, 0.2) is 28.7 Å². The van der Waals surface area contributed by atoms with Gasteiger partial charge in [-0.15, -0.1) is 0 Å². The predicted molar refractivity (Wildman–Crippen MR) is 87.4 cm³/mol. The van der Waals surface area contributed by atoms with Gasteiger partial charge in [-0.2, -0.15) is 0 Å². The average Bonchev–Trinajstić information content (AvgIpc) is 3.18. The van der Waals surface area contributed by atoms with Gasteiger partial charge in [0.05, 0.1) is 13.2 Å². The molecule has 2 saturated heterocycles. The van der Waals surface area contributed by atoms with Crippen LogP contribution in [0.5, 0.6) is 0 Å². The molecule has 24 heavy (non-hydrogen) atoms. The molecule has 2 aliphatic heterocycles. The van der Waals surface area contributed by atoms with Crippen LogP contribution < -0.4 is 0 Å². The fraction of sp³-hybridized carbons (Fsp3) is 0.500. The number of rotatable bonds is 2. The minimum atomic E-state index is -0.329. The second-order valence-corrected chi connectivity index (χ2v) is 6.70. The van der Waals surface area contributed by atoms with Crippen molar-refractivity contribution in [2.75, 3.05) is 39.4 Å². The third-order valence-corrected chi connectivity index (χ3v) is 5.06. The Morgan fingerprint density at radius 2 is 2.00 bits per heavy atom. The van der Waals surface area contributed by atoms with Gasteiger partial charge < -0.3 is 14.1 Å². The molecule has 0 saturated carbocycles. The summed E-state index contributed by atoms with van der Waals surface area (Å²) in [5, 5.41) is 0.621. The first-order chi connectivity index (χ1) is 11.6. The van der Waals surface area contributed by atoms with E-state index >= 15 is 0 Å². The van der Waals surface area contributed by atoms with Crippen molar-refractivity contribution in [3.05, 3.63) is 35.8 Å². The van der Waals surface area contributed by atoms with E-state index in [0.717, 1.165) is 26.3 Å². The maximum absolute atomic E-state index is 13.3. The molecule has 128 valence electrons. The lowest BCUT2D eigenvalue weighted by molar-refractivity contribution is 0.0119. The molecule has 1 aromatic carbocycles. The first-order valence-corrected chi connectivity index (χ1v) is 8.42. The molecule has 2 fully saturated rings. The monoisotopic (exact) mass is 332 g/mol. The summed E-state index contributed by atoms with van der Waals surface area (Å²) >= 11 is 0. The lowest BCUT2D eigenvalue weighted by Crippen LogP contribution is -2.47. The van der Waals surface area contributed by atoms with E-state index in [9.17, 15) is 9.18 Å². The molecule has 0 N–H and O–H groups in total. The number of amides is 1. The summed E-state index contributed by atoms with van der Waals surface area (Å²) in [5.41, 5.74) is 0.539. The first kappa shape index (κ1) is 15.6. The zero-order valence-electron chi connectivity index (χ0n) is 13.7. The van der Waals surface area contributed by atoms with Gasteiger partial charge in [-0.05, 0) is 30.2 Å². The SMILES string of the molecule is CC1CN(C(=O)c2cc3cc(F)ccc3o2)CC1N1CCOCC1. The van der Waals surface area contributed by atoms with E-state index in [1.54, 1.807) is 12.1 Å². The van der Waals surface area contributed by atoms with E-state index in [1.165, 1.54) is 12.1 Å². The van der Waals surface area contributed by atoms with Crippen molar-refractivity contribution in [3.8, 4) is 0 Å². The van der Waals surface area contributed by atoms with E-state index in [-0.39, 0.29) is 17.5 Å². The Morgan fingerprint density at radius 1 is 1.21 bits per heavy atom. The Hall–Kier alpha value is -1.92. The number of nitrogens with zero attached hydrogens (tertiary/aromatic N) is 2. The van der Waals surface area contributed by atoms with E-state index in [2.05, 4.69) is 11.8 Å². The van der Waals surface area contributed by atoms with Crippen molar-refractivity contribution < 1.29 is 18.3 Å². The highest BCUT2D eigenvalue weighted by Gasteiger charge is 2.37. The minimum absolute atomic E-state index is 0.116. The molecule has 2 aromatic rings. The number of hydrogen-bond donors (Lipinski definition) is 0. The van der Waals surface area contributed by atoms with Gasteiger partial charge in [0.25, 0.3) is 5.91 Å². The van der Waals surface area contributed by atoms with Gasteiger partial charge in [-0.1, -0.05) is 6.92 Å². The molecule has 2 aliphatic rings. The Balaban J connectivity index is 1.51. The highest BCUT2D eigenvalue weighted by molar-refractivity contribution is 5.96. The Bertz CT molecular complexity index is 754. The van der Waals surface area contributed by atoms with Crippen LogP contribution in [0.3, 0.4) is 0 Å². The summed E-state index contributed by atoms with van der Waals surface area (Å²) < 4.78 is 24.3. The summed E-state index contributed by atoms with van der Waals surface area (Å²) in [6, 6.07) is 6.28. The third-order valence-electron chi connectivity index (χ3n) is 5.06. The zero-order chi connectivity index (χ0) is 16.7. The molecular weight excluding hydrogens is 311 g/mol. The standard InChI is InChI=1S/C18H21FN2O3/c1-12-10-21(11-15(12)20-4-6-23-7-5-20)18(22)17-9-13-8-14(19)2-3-16(13)24-17/h2-3,8-9,12,15H,4-7,10-11H2,1H3. The fourth-order valence-electron chi connectivity index (χ4n) is 3.78. The molecular formula is C18H21FN2O3. The molecule has 0 aliphatic carbocycles. The first-order valence-electron chi connectivity index (χ1n) is 8.42. The van der Waals surface area contributed by atoms with E-state index in [0.29, 0.717) is 36.0 Å². The molecule has 2 unspecified atom stereocenters. The molecule has 2 atom stereocenters. The molecule has 4 rings (SSSR count). The van der Waals surface area contributed by atoms with Gasteiger partial charge in [-0.3, -0.25) is 9.69 Å². The van der Waals surface area contributed by atoms with Gasteiger partial charge in [0.1, 0.15) is 11.4 Å². The fourth-order valence-corrected chi connectivity index (χ4v) is 3.78. The second kappa shape index (κ2) is 6.18. The third kappa shape index (κ3) is 2.80. The highest BCUT2D eigenvalue weighted by atomic mass is 19.1. The summed E-state index contributed by atoms with van der Waals surface area (Å²) in [5.74, 6) is 0.248. The van der Waals surface area contributed by atoms with Crippen molar-refractivity contribution in [1.29, 1.82) is 0 Å². The van der Waals surface area contributed by atoms with Gasteiger partial charge in [-0.25, -0.2) is 4.39 Å². The van der Waals surface area contributed by atoms with Crippen LogP contribution in [-0.2, 0) is 4.74 Å². The number of carbonyl (C=O) groups excluding carboxylic acids is 1. The van der Waals surface area contributed by atoms with Crippen molar-refractivity contribution in [2.45, 2.75) is 13.0 Å². The van der Waals surface area contributed by atoms with Crippen LogP contribution in [0, 0.1) is 11.7 Å². The Morgan fingerprint density at radius 3 is 2.79 bits per heavy atom. The van der Waals surface area contributed by atoms with Gasteiger partial charge >= 0.3 is 0 Å². The molecule has 0 bridgehead atoms. The lowest BCUT2D eigenvalue weighted by Gasteiger charge is -2.33. The predicted octanol–water partition coefficient (Wildman–Crippen LogP) is 2.36. The van der Waals surface area contributed by atoms with Crippen LogP contribution in [-0.4, -0.2) is 61.1 Å². The largest absolute Gasteiger partial charge is 0.451 e. The van der Waals surface area contributed by atoms with Crippen LogP contribution in [0.2, 0.25) is 0 Å². The number of fused-ring (bicyclic) bond motifs is 1. The van der Waals surface area contributed by atoms with E-state index < -0.39 is 0 Å². The Labute approximate surface area is 140 Å². The molecule has 6 heteroatoms. The molecule has 5 nitrogen and oxygen atoms in total. The smallest absolute Gasteiger partial charge is 0.289 e. The van der Waals surface area contributed by atoms with Crippen molar-refractivity contribution in [2.24, 2.45) is 5.92 Å². The van der Waals surface area contributed by atoms with Crippen LogP contribution in [0.1, 0.15) is 17.5 Å². The number of likely N-dealkylation sites (tertiary alicyclic amines) is 1. The van der Waals surface area contributed by atoms with Crippen molar-refractivity contribution in [1.82, 2.24) is 9.80 Å². The number of ether oxygens (including phenoxy) is 1. The highest BCUT2D eigenvalue weighted by Crippen LogP contribution is 2.26. The topological polar surface area (TPSA) is 45.9 Å². The summed E-state index contributed by atoms with van der Waals surface area (Å²) in [4.78, 5) is 17.0. The number of halogens is 1. The van der Waals surface area contributed by atoms with Crippen LogP contribution in [0.4, 0.5) is 4.39 Å². The van der Waals surface area contributed by atoms with Crippen LogP contribution in [0.25, 0.3) is 11.0 Å². The summed E-state index contributed by atoms with van der Waals surface area (Å²) in [6.45, 7) is 6.94. The Kier molecular flexibility index (Phi) is 4.02. The van der Waals surface area contributed by atoms with Crippen LogP contribution >= 0.6 is 0 Å². The number of carbonyl (C=O) groups is 1. The zero-order valence-corrected chi connectivity index (χ0v) is 13.7. The number of benzene rings is 1. The number of hydrogen-bond acceptors (Lipinski definition) is 4. The summed E-state index contributed by atoms with van der Waals surface area (Å²) in [7, 11) is 0. The van der Waals surface area contributed by atoms with Gasteiger partial charge in [0.2, 0.25) is 0 Å². The summed E-state index contributed by atoms with van der Waals surface area (Å²) in [6.07, 6.45) is 0. The van der Waals surface area contributed by atoms with E-state index in [1.807, 2.05) is 4.90 Å². The quantitative estimate of drug-likeness (QED) is 0.847. The lowest BCUT2D eigenvalue weighted by atomic mass is 10.0. The molecule has 1 aromatic heterocycles. The van der Waals surface area contributed by atoms with Crippen molar-refractivity contribution in [3.63, 3.8) is 0 Å². The number of morpholine rings is 1. The van der Waals surface area contributed by atoms with Gasteiger partial charge in [0.15, 0.2) is 5.76 Å². The minimum Gasteiger partial charge on any atom is -0.451 e. The van der Waals surface area contributed by atoms with E-state index in [4.69, 9.17) is 9.15 Å². The molecule has 0 spiro atoms.